The first-order chi connectivity index (χ1) is 5.95. The number of nitriles is 1. The summed E-state index contributed by atoms with van der Waals surface area (Å²) in [6.07, 6.45) is 1.10. The van der Waals surface area contributed by atoms with Crippen molar-refractivity contribution < 1.29 is 4.11 Å². The number of nitrogens with two attached hydrogens (primary N) is 1. The number of nitrogen functional groups attached to an aromatic ring is 1. The number of aryl methyl sites for hydroxylation is 1. The van der Waals surface area contributed by atoms with E-state index in [0.717, 1.165) is 6.20 Å². The van der Waals surface area contributed by atoms with Crippen LogP contribution >= 0.6 is 0 Å². The number of aromatic nitrogens is 2. The molecule has 0 amide bonds. The second-order valence-electron chi connectivity index (χ2n) is 1.60. The van der Waals surface area contributed by atoms with E-state index in [-0.39, 0.29) is 17.2 Å². The van der Waals surface area contributed by atoms with Gasteiger partial charge in [0, 0.05) is 4.11 Å². The number of rotatable bonds is 0. The summed E-state index contributed by atoms with van der Waals surface area (Å²) in [6, 6.07) is 1.74. The highest BCUT2D eigenvalue weighted by atomic mass is 14.9. The van der Waals surface area contributed by atoms with Crippen molar-refractivity contribution in [2.45, 2.75) is 6.85 Å². The molecule has 0 aliphatic rings. The van der Waals surface area contributed by atoms with E-state index in [2.05, 4.69) is 9.97 Å². The zero-order valence-electron chi connectivity index (χ0n) is 8.00. The van der Waals surface area contributed by atoms with Crippen LogP contribution in [0.25, 0.3) is 0 Å². The average Bonchev–Trinajstić information content (AvgIpc) is 2.02. The van der Waals surface area contributed by atoms with Gasteiger partial charge in [0.2, 0.25) is 0 Å². The van der Waals surface area contributed by atoms with Crippen LogP contribution in [0.5, 0.6) is 0 Å². The lowest BCUT2D eigenvalue weighted by Gasteiger charge is -1.94. The third-order valence-electron chi connectivity index (χ3n) is 0.939. The lowest BCUT2D eigenvalue weighted by atomic mass is 10.3. The van der Waals surface area contributed by atoms with Crippen LogP contribution in [-0.2, 0) is 0 Å². The molecule has 1 heterocycles. The van der Waals surface area contributed by atoms with Crippen LogP contribution in [0.15, 0.2) is 6.20 Å². The van der Waals surface area contributed by atoms with Crippen LogP contribution in [0.3, 0.4) is 0 Å². The highest BCUT2D eigenvalue weighted by molar-refractivity contribution is 5.46. The SMILES string of the molecule is [2H]C([2H])([2H])c1ncc(C#N)c(N)n1. The minimum absolute atomic E-state index is 0.0769. The van der Waals surface area contributed by atoms with Crippen LogP contribution in [0.4, 0.5) is 5.82 Å². The minimum Gasteiger partial charge on any atom is -0.382 e. The standard InChI is InChI=1S/C6H6N4/c1-4-9-3-5(2-7)6(8)10-4/h3H,1H3,(H2,8,9,10)/i1D3. The van der Waals surface area contributed by atoms with Crippen LogP contribution < -0.4 is 5.73 Å². The average molecular weight is 137 g/mol. The number of hydrogen-bond acceptors (Lipinski definition) is 4. The van der Waals surface area contributed by atoms with E-state index >= 15 is 0 Å². The van der Waals surface area contributed by atoms with Gasteiger partial charge in [0.25, 0.3) is 0 Å². The fourth-order valence-electron chi connectivity index (χ4n) is 0.481. The molecular weight excluding hydrogens is 128 g/mol. The fourth-order valence-corrected chi connectivity index (χ4v) is 0.481. The molecule has 0 saturated carbocycles. The van der Waals surface area contributed by atoms with E-state index in [1.165, 1.54) is 0 Å². The Hall–Kier alpha value is -1.63. The molecule has 0 spiro atoms. The highest BCUT2D eigenvalue weighted by Crippen LogP contribution is 2.03. The van der Waals surface area contributed by atoms with Crippen molar-refractivity contribution in [3.8, 4) is 6.07 Å². The first-order valence-corrected chi connectivity index (χ1v) is 2.48. The van der Waals surface area contributed by atoms with Crippen molar-refractivity contribution in [1.82, 2.24) is 9.97 Å². The Bertz CT molecular complexity index is 365. The number of nitrogens with zero attached hydrogens (tertiary/aromatic N) is 3. The van der Waals surface area contributed by atoms with E-state index in [1.807, 2.05) is 0 Å². The number of anilines is 1. The van der Waals surface area contributed by atoms with Gasteiger partial charge in [-0.1, -0.05) is 0 Å². The van der Waals surface area contributed by atoms with Gasteiger partial charge in [0.15, 0.2) is 0 Å². The minimum atomic E-state index is -2.39. The molecule has 1 rings (SSSR count). The van der Waals surface area contributed by atoms with Crippen molar-refractivity contribution in [2.75, 3.05) is 5.73 Å². The molecule has 0 saturated heterocycles. The van der Waals surface area contributed by atoms with Crippen molar-refractivity contribution in [3.05, 3.63) is 17.6 Å². The summed E-state index contributed by atoms with van der Waals surface area (Å²) in [5.74, 6) is -0.451. The van der Waals surface area contributed by atoms with E-state index in [0.29, 0.717) is 0 Å². The maximum Gasteiger partial charge on any atom is 0.145 e. The first kappa shape index (κ1) is 3.52. The molecule has 0 unspecified atom stereocenters. The second-order valence-corrected chi connectivity index (χ2v) is 1.60. The molecule has 2 N–H and O–H groups in total. The van der Waals surface area contributed by atoms with Crippen LogP contribution in [0.2, 0.25) is 0 Å². The van der Waals surface area contributed by atoms with Crippen molar-refractivity contribution >= 4 is 5.82 Å². The molecular formula is C6H6N4. The Morgan fingerprint density at radius 2 is 2.70 bits per heavy atom. The molecule has 0 aromatic carbocycles. The van der Waals surface area contributed by atoms with Gasteiger partial charge in [0.1, 0.15) is 23.3 Å². The Labute approximate surface area is 62.5 Å². The van der Waals surface area contributed by atoms with Gasteiger partial charge in [-0.3, -0.25) is 0 Å². The van der Waals surface area contributed by atoms with Crippen LogP contribution in [0.1, 0.15) is 15.5 Å². The molecule has 0 bridgehead atoms. The van der Waals surface area contributed by atoms with E-state index in [1.54, 1.807) is 6.07 Å². The predicted molar refractivity (Wildman–Crippen MR) is 35.9 cm³/mol. The van der Waals surface area contributed by atoms with Gasteiger partial charge in [-0.25, -0.2) is 9.97 Å². The quantitative estimate of drug-likeness (QED) is 0.555. The zero-order chi connectivity index (χ0) is 10.1. The number of hydrogen-bond donors (Lipinski definition) is 1. The maximum atomic E-state index is 8.46. The lowest BCUT2D eigenvalue weighted by Crippen LogP contribution is -1.97. The van der Waals surface area contributed by atoms with Gasteiger partial charge in [-0.05, 0) is 6.85 Å². The van der Waals surface area contributed by atoms with E-state index in [9.17, 15) is 0 Å². The summed E-state index contributed by atoms with van der Waals surface area (Å²) in [6.45, 7) is -2.39. The Kier molecular flexibility index (Phi) is 0.814. The molecule has 10 heavy (non-hydrogen) atoms. The molecule has 0 radical (unpaired) electrons. The lowest BCUT2D eigenvalue weighted by molar-refractivity contribution is 1.05. The molecule has 0 aliphatic heterocycles. The fraction of sp³-hybridized carbons (Fsp3) is 0.167. The van der Waals surface area contributed by atoms with Gasteiger partial charge in [-0.2, -0.15) is 5.26 Å². The molecule has 1 aromatic heterocycles. The van der Waals surface area contributed by atoms with Crippen LogP contribution in [-0.4, -0.2) is 9.97 Å². The van der Waals surface area contributed by atoms with Gasteiger partial charge in [-0.15, -0.1) is 0 Å². The molecule has 0 fully saturated rings. The summed E-state index contributed by atoms with van der Waals surface area (Å²) >= 11 is 0. The third-order valence-corrected chi connectivity index (χ3v) is 0.939. The molecule has 0 aliphatic carbocycles. The molecule has 4 nitrogen and oxygen atoms in total. The Balaban J connectivity index is 3.20. The van der Waals surface area contributed by atoms with Crippen LogP contribution in [0, 0.1) is 18.2 Å². The highest BCUT2D eigenvalue weighted by Gasteiger charge is 1.97. The monoisotopic (exact) mass is 137 g/mol. The summed E-state index contributed by atoms with van der Waals surface area (Å²) in [5, 5.41) is 8.46. The van der Waals surface area contributed by atoms with Crippen molar-refractivity contribution in [3.63, 3.8) is 0 Å². The molecule has 0 atom stereocenters. The Morgan fingerprint density at radius 1 is 1.90 bits per heavy atom. The van der Waals surface area contributed by atoms with Crippen molar-refractivity contribution in [1.29, 1.82) is 5.26 Å². The van der Waals surface area contributed by atoms with Gasteiger partial charge in [0.05, 0.1) is 6.20 Å². The topological polar surface area (TPSA) is 75.6 Å². The summed E-state index contributed by atoms with van der Waals surface area (Å²) < 4.78 is 20.9. The van der Waals surface area contributed by atoms with E-state index in [4.69, 9.17) is 15.1 Å². The third kappa shape index (κ3) is 1.03. The summed E-state index contributed by atoms with van der Waals surface area (Å²) in [7, 11) is 0. The van der Waals surface area contributed by atoms with Gasteiger partial charge >= 0.3 is 0 Å². The molecule has 50 valence electrons. The Morgan fingerprint density at radius 3 is 3.20 bits per heavy atom. The zero-order valence-corrected chi connectivity index (χ0v) is 5.00. The second kappa shape index (κ2) is 2.31. The summed E-state index contributed by atoms with van der Waals surface area (Å²) in [5.41, 5.74) is 5.38. The smallest absolute Gasteiger partial charge is 0.145 e. The first-order valence-electron chi connectivity index (χ1n) is 3.98. The van der Waals surface area contributed by atoms with Gasteiger partial charge < -0.3 is 5.73 Å². The predicted octanol–water partition coefficient (Wildman–Crippen LogP) is 0.239. The van der Waals surface area contributed by atoms with Crippen molar-refractivity contribution in [2.24, 2.45) is 0 Å². The maximum absolute atomic E-state index is 8.46. The normalized spacial score (nSPS) is 14.5. The molecule has 1 aromatic rings. The van der Waals surface area contributed by atoms with E-state index < -0.39 is 6.85 Å². The summed E-state index contributed by atoms with van der Waals surface area (Å²) in [4.78, 5) is 7.00. The largest absolute Gasteiger partial charge is 0.382 e. The molecule has 4 heteroatoms.